The second-order valence-corrected chi connectivity index (χ2v) is 23.8. The first kappa shape index (κ1) is 40.6. The first-order chi connectivity index (χ1) is 23.9. The molecule has 0 spiro atoms. The van der Waals surface area contributed by atoms with Crippen LogP contribution in [0.1, 0.15) is 126 Å². The van der Waals surface area contributed by atoms with Crippen molar-refractivity contribution < 1.29 is 34.2 Å². The fourth-order valence-corrected chi connectivity index (χ4v) is 15.9. The lowest BCUT2D eigenvalue weighted by Gasteiger charge is -2.72. The second kappa shape index (κ2) is 13.2. The van der Waals surface area contributed by atoms with E-state index in [1.807, 2.05) is 13.8 Å². The molecule has 1 heterocycles. The number of alkyl halides is 3. The van der Waals surface area contributed by atoms with Crippen LogP contribution in [0.3, 0.4) is 0 Å². The zero-order valence-electron chi connectivity index (χ0n) is 32.9. The number of nitrogens with zero attached hydrogens (tertiary/aromatic N) is 1. The van der Waals surface area contributed by atoms with Gasteiger partial charge in [-0.15, -0.1) is 0 Å². The minimum atomic E-state index is -5.74. The van der Waals surface area contributed by atoms with Crippen LogP contribution in [0.15, 0.2) is 24.0 Å². The average Bonchev–Trinajstić information content (AvgIpc) is 3.42. The van der Waals surface area contributed by atoms with Gasteiger partial charge in [-0.2, -0.15) is 21.6 Å². The number of hydrogen-bond acceptors (Lipinski definition) is 7. The van der Waals surface area contributed by atoms with Gasteiger partial charge in [-0.1, -0.05) is 46.8 Å². The molecule has 298 valence electrons. The van der Waals surface area contributed by atoms with Crippen LogP contribution in [0.4, 0.5) is 13.2 Å². The molecule has 0 aromatic rings. The molecule has 9 atom stereocenters. The summed E-state index contributed by atoms with van der Waals surface area (Å²) in [5.41, 5.74) is -5.10. The van der Waals surface area contributed by atoms with Gasteiger partial charge in [0.15, 0.2) is 9.84 Å². The molecule has 7 nitrogen and oxygen atoms in total. The summed E-state index contributed by atoms with van der Waals surface area (Å²) < 4.78 is 94.8. The van der Waals surface area contributed by atoms with Crippen molar-refractivity contribution >= 4 is 20.0 Å². The third-order valence-electron chi connectivity index (χ3n) is 16.6. The van der Waals surface area contributed by atoms with E-state index in [1.54, 1.807) is 19.9 Å². The summed E-state index contributed by atoms with van der Waals surface area (Å²) in [5.74, 6) is 1.72. The van der Waals surface area contributed by atoms with Gasteiger partial charge in [0.2, 0.25) is 0 Å². The monoisotopic (exact) mass is 774 g/mol. The lowest BCUT2D eigenvalue weighted by Crippen LogP contribution is -2.68. The maximum absolute atomic E-state index is 13.4. The molecule has 1 saturated heterocycles. The summed E-state index contributed by atoms with van der Waals surface area (Å²) in [5, 5.41) is 3.61. The second-order valence-electron chi connectivity index (χ2n) is 19.4. The first-order valence-electron chi connectivity index (χ1n) is 19.9. The number of likely N-dealkylation sites (tertiary alicyclic amines) is 1. The third kappa shape index (κ3) is 6.16. The van der Waals surface area contributed by atoms with Crippen LogP contribution in [0, 0.1) is 51.2 Å². The molecule has 12 heteroatoms. The Labute approximate surface area is 312 Å². The molecule has 1 N–H and O–H groups in total. The van der Waals surface area contributed by atoms with E-state index in [1.165, 1.54) is 5.57 Å². The third-order valence-corrected chi connectivity index (χ3v) is 20.3. The quantitative estimate of drug-likeness (QED) is 0.143. The maximum atomic E-state index is 13.4. The Morgan fingerprint density at radius 2 is 1.58 bits per heavy atom. The van der Waals surface area contributed by atoms with Crippen LogP contribution in [0.2, 0.25) is 0 Å². The fraction of sp³-hybridized carbons (Fsp3) is 0.900. The predicted molar refractivity (Wildman–Crippen MR) is 200 cm³/mol. The van der Waals surface area contributed by atoms with Crippen LogP contribution in [0.25, 0.3) is 0 Å². The van der Waals surface area contributed by atoms with Gasteiger partial charge in [0, 0.05) is 24.0 Å². The number of allylic oxidation sites excluding steroid dienone is 3. The van der Waals surface area contributed by atoms with Crippen molar-refractivity contribution in [1.82, 2.24) is 10.2 Å². The van der Waals surface area contributed by atoms with Crippen LogP contribution < -0.4 is 5.32 Å². The SMILES string of the molecule is C=C(C)C1CCC2(NCCN3CCC(S(=O)(=O)C(C)C)CC3)CCC3(C)C(CCC4C5(C)CC=C(OS(=O)(=O)C(F)(F)F)C(C)(C)C5CCC43C)C12. The number of fused-ring (bicyclic) bond motifs is 7. The van der Waals surface area contributed by atoms with Crippen LogP contribution in [0.5, 0.6) is 0 Å². The molecule has 0 aromatic carbocycles. The number of sulfone groups is 1. The summed E-state index contributed by atoms with van der Waals surface area (Å²) in [6, 6.07) is 0. The van der Waals surface area contributed by atoms with E-state index in [2.05, 4.69) is 44.5 Å². The molecule has 5 aliphatic carbocycles. The van der Waals surface area contributed by atoms with Crippen LogP contribution in [-0.2, 0) is 24.1 Å². The molecule has 6 aliphatic rings. The molecule has 52 heavy (non-hydrogen) atoms. The van der Waals surface area contributed by atoms with Crippen LogP contribution >= 0.6 is 0 Å². The summed E-state index contributed by atoms with van der Waals surface area (Å²) in [6.45, 7) is 24.9. The Hall–Kier alpha value is -1.11. The van der Waals surface area contributed by atoms with Crippen molar-refractivity contribution in [2.75, 3.05) is 26.2 Å². The highest BCUT2D eigenvalue weighted by Gasteiger charge is 2.71. The van der Waals surface area contributed by atoms with Gasteiger partial charge in [0.1, 0.15) is 5.76 Å². The van der Waals surface area contributed by atoms with Crippen molar-refractivity contribution in [2.24, 2.45) is 51.2 Å². The highest BCUT2D eigenvalue weighted by Crippen LogP contribution is 2.76. The zero-order chi connectivity index (χ0) is 38.5. The minimum Gasteiger partial charge on any atom is -0.380 e. The highest BCUT2D eigenvalue weighted by molar-refractivity contribution is 7.92. The Balaban J connectivity index is 1.21. The number of hydrogen-bond donors (Lipinski definition) is 1. The topological polar surface area (TPSA) is 92.8 Å². The van der Waals surface area contributed by atoms with Crippen molar-refractivity contribution in [3.8, 4) is 0 Å². The number of nitrogens with one attached hydrogen (secondary N) is 1. The van der Waals surface area contributed by atoms with Crippen LogP contribution in [-0.4, -0.2) is 69.5 Å². The van der Waals surface area contributed by atoms with Gasteiger partial charge >= 0.3 is 15.6 Å². The Morgan fingerprint density at radius 3 is 2.17 bits per heavy atom. The van der Waals surface area contributed by atoms with Gasteiger partial charge < -0.3 is 14.4 Å². The highest BCUT2D eigenvalue weighted by atomic mass is 32.2. The van der Waals surface area contributed by atoms with E-state index < -0.39 is 30.9 Å². The molecule has 0 bridgehead atoms. The predicted octanol–water partition coefficient (Wildman–Crippen LogP) is 8.63. The van der Waals surface area contributed by atoms with Gasteiger partial charge in [0.05, 0.1) is 10.5 Å². The molecule has 9 unspecified atom stereocenters. The number of rotatable bonds is 9. The molecular weight excluding hydrogens is 710 g/mol. The van der Waals surface area contributed by atoms with Crippen molar-refractivity contribution in [2.45, 2.75) is 148 Å². The largest absolute Gasteiger partial charge is 0.534 e. The maximum Gasteiger partial charge on any atom is 0.534 e. The fourth-order valence-electron chi connectivity index (χ4n) is 13.7. The number of halogens is 3. The van der Waals surface area contributed by atoms with E-state index in [-0.39, 0.29) is 44.0 Å². The molecule has 6 rings (SSSR count). The number of piperidine rings is 1. The van der Waals surface area contributed by atoms with Crippen molar-refractivity contribution in [1.29, 1.82) is 0 Å². The summed E-state index contributed by atoms with van der Waals surface area (Å²) in [6.07, 6.45) is 12.0. The van der Waals surface area contributed by atoms with Gasteiger partial charge in [-0.25, -0.2) is 8.42 Å². The summed E-state index contributed by atoms with van der Waals surface area (Å²) >= 11 is 0. The molecule has 4 saturated carbocycles. The van der Waals surface area contributed by atoms with Gasteiger partial charge in [-0.05, 0) is 156 Å². The lowest BCUT2D eigenvalue weighted by molar-refractivity contribution is -0.223. The molecular formula is C40H65F3N2O5S2. The van der Waals surface area contributed by atoms with E-state index in [0.717, 1.165) is 77.5 Å². The molecule has 0 aromatic heterocycles. The smallest absolute Gasteiger partial charge is 0.380 e. The Morgan fingerprint density at radius 1 is 0.923 bits per heavy atom. The Bertz CT molecular complexity index is 1650. The molecule has 1 aliphatic heterocycles. The molecule has 0 radical (unpaired) electrons. The van der Waals surface area contributed by atoms with Crippen molar-refractivity contribution in [3.05, 3.63) is 24.0 Å². The summed E-state index contributed by atoms with van der Waals surface area (Å²) in [4.78, 5) is 2.43. The summed E-state index contributed by atoms with van der Waals surface area (Å²) in [7, 11) is -8.81. The van der Waals surface area contributed by atoms with E-state index in [4.69, 9.17) is 4.18 Å². The molecule has 5 fully saturated rings. The average molecular weight is 775 g/mol. The minimum absolute atomic E-state index is 0.00352. The van der Waals surface area contributed by atoms with Gasteiger partial charge in [-0.3, -0.25) is 0 Å². The standard InChI is InChI=1S/C40H65F3N2O5S2/c1-26(2)29-12-19-39(44-22-25-45-23-15-28(16-24-45)51(46,47)27(3)4)21-20-37(8)30(34(29)39)10-11-32-36(7)17-14-33(50-52(48,49)40(41,42)43)35(5,6)31(36)13-18-38(32,37)9/h14,27-32,34,44H,1,10-13,15-25H2,2-9H3. The zero-order valence-corrected chi connectivity index (χ0v) is 34.5. The first-order valence-corrected chi connectivity index (χ1v) is 23.0. The van der Waals surface area contributed by atoms with E-state index in [0.29, 0.717) is 42.9 Å². The van der Waals surface area contributed by atoms with E-state index in [9.17, 15) is 30.0 Å². The lowest BCUT2D eigenvalue weighted by atomic mass is 9.33. The van der Waals surface area contributed by atoms with Gasteiger partial charge in [0.25, 0.3) is 0 Å². The normalized spacial score (nSPS) is 41.4. The van der Waals surface area contributed by atoms with E-state index >= 15 is 0 Å². The Kier molecular flexibility index (Phi) is 10.3. The van der Waals surface area contributed by atoms with Crippen molar-refractivity contribution in [3.63, 3.8) is 0 Å². The molecule has 0 amide bonds.